The summed E-state index contributed by atoms with van der Waals surface area (Å²) in [5, 5.41) is 2.40. The SMILES string of the molecule is CCC(CC)CC(=O)Cc1csc(N)n1. The van der Waals surface area contributed by atoms with Crippen molar-refractivity contribution in [2.45, 2.75) is 39.5 Å². The van der Waals surface area contributed by atoms with Crippen molar-refractivity contribution in [2.75, 3.05) is 5.73 Å². The van der Waals surface area contributed by atoms with Crippen molar-refractivity contribution >= 4 is 22.3 Å². The second-order valence-corrected chi connectivity index (χ2v) is 4.67. The van der Waals surface area contributed by atoms with Crippen molar-refractivity contribution < 1.29 is 4.79 Å². The van der Waals surface area contributed by atoms with E-state index in [1.54, 1.807) is 0 Å². The third kappa shape index (κ3) is 4.00. The zero-order chi connectivity index (χ0) is 11.3. The lowest BCUT2D eigenvalue weighted by molar-refractivity contribution is -0.119. The summed E-state index contributed by atoms with van der Waals surface area (Å²) in [6, 6.07) is 0. The molecule has 0 aliphatic heterocycles. The van der Waals surface area contributed by atoms with Crippen LogP contribution in [-0.2, 0) is 11.2 Å². The van der Waals surface area contributed by atoms with E-state index in [1.165, 1.54) is 11.3 Å². The number of anilines is 1. The molecule has 0 atom stereocenters. The molecule has 4 heteroatoms. The molecule has 0 amide bonds. The lowest BCUT2D eigenvalue weighted by atomic mass is 9.95. The standard InChI is InChI=1S/C11H18N2OS/c1-3-8(4-2)5-10(14)6-9-7-15-11(12)13-9/h7-8H,3-6H2,1-2H3,(H2,12,13). The predicted molar refractivity (Wildman–Crippen MR) is 63.9 cm³/mol. The fourth-order valence-electron chi connectivity index (χ4n) is 1.58. The molecule has 0 aliphatic rings. The van der Waals surface area contributed by atoms with Crippen LogP contribution in [-0.4, -0.2) is 10.8 Å². The summed E-state index contributed by atoms with van der Waals surface area (Å²) in [5.74, 6) is 0.794. The first-order chi connectivity index (χ1) is 7.15. The highest BCUT2D eigenvalue weighted by atomic mass is 32.1. The average molecular weight is 226 g/mol. The fourth-order valence-corrected chi connectivity index (χ4v) is 2.14. The molecule has 1 aromatic rings. The van der Waals surface area contributed by atoms with Gasteiger partial charge in [0.1, 0.15) is 5.78 Å². The highest BCUT2D eigenvalue weighted by Crippen LogP contribution is 2.16. The Kier molecular flexibility index (Phi) is 4.75. The number of thiazole rings is 1. The molecular weight excluding hydrogens is 208 g/mol. The third-order valence-corrected chi connectivity index (χ3v) is 3.34. The Morgan fingerprint density at radius 3 is 2.67 bits per heavy atom. The number of ketones is 1. The Bertz CT molecular complexity index is 318. The van der Waals surface area contributed by atoms with Crippen molar-refractivity contribution in [3.8, 4) is 0 Å². The molecule has 0 bridgehead atoms. The summed E-state index contributed by atoms with van der Waals surface area (Å²) < 4.78 is 0. The Balaban J connectivity index is 2.42. The number of nitrogens with two attached hydrogens (primary N) is 1. The lowest BCUT2D eigenvalue weighted by Crippen LogP contribution is -2.09. The van der Waals surface area contributed by atoms with Gasteiger partial charge in [-0.1, -0.05) is 26.7 Å². The van der Waals surface area contributed by atoms with E-state index in [0.717, 1.165) is 18.5 Å². The molecule has 1 aromatic heterocycles. The molecule has 0 fully saturated rings. The molecule has 0 aromatic carbocycles. The number of carbonyl (C=O) groups excluding carboxylic acids is 1. The van der Waals surface area contributed by atoms with Crippen LogP contribution in [0.3, 0.4) is 0 Å². The number of hydrogen-bond donors (Lipinski definition) is 1. The third-order valence-electron chi connectivity index (χ3n) is 2.62. The van der Waals surface area contributed by atoms with E-state index in [2.05, 4.69) is 18.8 Å². The van der Waals surface area contributed by atoms with Crippen LogP contribution in [0.25, 0.3) is 0 Å². The lowest BCUT2D eigenvalue weighted by Gasteiger charge is -2.09. The maximum atomic E-state index is 11.7. The molecule has 1 rings (SSSR count). The zero-order valence-electron chi connectivity index (χ0n) is 9.32. The second kappa shape index (κ2) is 5.85. The van der Waals surface area contributed by atoms with Crippen LogP contribution in [0, 0.1) is 5.92 Å². The van der Waals surface area contributed by atoms with Gasteiger partial charge < -0.3 is 5.73 Å². The first kappa shape index (κ1) is 12.2. The quantitative estimate of drug-likeness (QED) is 0.811. The molecule has 3 nitrogen and oxygen atoms in total. The van der Waals surface area contributed by atoms with E-state index in [1.807, 2.05) is 5.38 Å². The summed E-state index contributed by atoms with van der Waals surface area (Å²) in [6.45, 7) is 4.25. The van der Waals surface area contributed by atoms with Gasteiger partial charge in [0.15, 0.2) is 5.13 Å². The predicted octanol–water partition coefficient (Wildman–Crippen LogP) is 2.66. The van der Waals surface area contributed by atoms with Crippen molar-refractivity contribution in [3.63, 3.8) is 0 Å². The van der Waals surface area contributed by atoms with E-state index < -0.39 is 0 Å². The topological polar surface area (TPSA) is 56.0 Å². The van der Waals surface area contributed by atoms with Crippen molar-refractivity contribution in [1.82, 2.24) is 4.98 Å². The van der Waals surface area contributed by atoms with E-state index in [-0.39, 0.29) is 5.78 Å². The molecule has 15 heavy (non-hydrogen) atoms. The minimum atomic E-state index is 0.272. The molecule has 0 unspecified atom stereocenters. The minimum absolute atomic E-state index is 0.272. The summed E-state index contributed by atoms with van der Waals surface area (Å²) in [6.07, 6.45) is 3.25. The van der Waals surface area contributed by atoms with Gasteiger partial charge in [0.2, 0.25) is 0 Å². The van der Waals surface area contributed by atoms with Crippen LogP contribution in [0.4, 0.5) is 5.13 Å². The number of aromatic nitrogens is 1. The Morgan fingerprint density at radius 2 is 2.20 bits per heavy atom. The van der Waals surface area contributed by atoms with Crippen LogP contribution in [0.5, 0.6) is 0 Å². The Hall–Kier alpha value is -0.900. The van der Waals surface area contributed by atoms with Crippen LogP contribution >= 0.6 is 11.3 Å². The first-order valence-electron chi connectivity index (χ1n) is 5.37. The summed E-state index contributed by atoms with van der Waals surface area (Å²) in [4.78, 5) is 15.8. The minimum Gasteiger partial charge on any atom is -0.375 e. The molecule has 0 saturated heterocycles. The van der Waals surface area contributed by atoms with Gasteiger partial charge in [-0.3, -0.25) is 4.79 Å². The van der Waals surface area contributed by atoms with E-state index >= 15 is 0 Å². The monoisotopic (exact) mass is 226 g/mol. The molecule has 1 heterocycles. The van der Waals surface area contributed by atoms with E-state index in [4.69, 9.17) is 5.73 Å². The van der Waals surface area contributed by atoms with Gasteiger partial charge in [-0.05, 0) is 5.92 Å². The molecule has 0 saturated carbocycles. The summed E-state index contributed by atoms with van der Waals surface area (Å²) >= 11 is 1.39. The van der Waals surface area contributed by atoms with Crippen LogP contribution in [0.1, 0.15) is 38.8 Å². The number of rotatable bonds is 6. The molecule has 2 N–H and O–H groups in total. The number of hydrogen-bond acceptors (Lipinski definition) is 4. The smallest absolute Gasteiger partial charge is 0.180 e. The molecule has 84 valence electrons. The van der Waals surface area contributed by atoms with Gasteiger partial charge in [-0.15, -0.1) is 11.3 Å². The first-order valence-corrected chi connectivity index (χ1v) is 6.25. The van der Waals surface area contributed by atoms with Crippen molar-refractivity contribution in [1.29, 1.82) is 0 Å². The van der Waals surface area contributed by atoms with Crippen LogP contribution < -0.4 is 5.73 Å². The number of nitrogen functional groups attached to an aromatic ring is 1. The van der Waals surface area contributed by atoms with Crippen LogP contribution in [0.2, 0.25) is 0 Å². The Labute approximate surface area is 94.7 Å². The highest BCUT2D eigenvalue weighted by Gasteiger charge is 2.12. The summed E-state index contributed by atoms with van der Waals surface area (Å²) in [5.41, 5.74) is 6.32. The number of carbonyl (C=O) groups is 1. The molecule has 0 radical (unpaired) electrons. The number of Topliss-reactive ketones (excluding diaryl/α,β-unsaturated/α-hetero) is 1. The van der Waals surface area contributed by atoms with Gasteiger partial charge in [0.25, 0.3) is 0 Å². The van der Waals surface area contributed by atoms with Gasteiger partial charge >= 0.3 is 0 Å². The largest absolute Gasteiger partial charge is 0.375 e. The highest BCUT2D eigenvalue weighted by molar-refractivity contribution is 7.13. The number of nitrogens with zero attached hydrogens (tertiary/aromatic N) is 1. The molecule has 0 spiro atoms. The van der Waals surface area contributed by atoms with E-state index in [0.29, 0.717) is 23.9 Å². The van der Waals surface area contributed by atoms with Crippen molar-refractivity contribution in [3.05, 3.63) is 11.1 Å². The van der Waals surface area contributed by atoms with E-state index in [9.17, 15) is 4.79 Å². The molecule has 0 aliphatic carbocycles. The van der Waals surface area contributed by atoms with Crippen molar-refractivity contribution in [2.24, 2.45) is 5.92 Å². The Morgan fingerprint density at radius 1 is 1.53 bits per heavy atom. The second-order valence-electron chi connectivity index (χ2n) is 3.78. The maximum Gasteiger partial charge on any atom is 0.180 e. The average Bonchev–Trinajstić information content (AvgIpc) is 2.60. The normalized spacial score (nSPS) is 10.9. The summed E-state index contributed by atoms with van der Waals surface area (Å²) in [7, 11) is 0. The van der Waals surface area contributed by atoms with Crippen LogP contribution in [0.15, 0.2) is 5.38 Å². The maximum absolute atomic E-state index is 11.7. The van der Waals surface area contributed by atoms with Gasteiger partial charge in [-0.2, -0.15) is 0 Å². The van der Waals surface area contributed by atoms with Gasteiger partial charge in [0.05, 0.1) is 5.69 Å². The zero-order valence-corrected chi connectivity index (χ0v) is 10.1. The molecular formula is C11H18N2OS. The van der Waals surface area contributed by atoms with Gasteiger partial charge in [-0.25, -0.2) is 4.98 Å². The van der Waals surface area contributed by atoms with Gasteiger partial charge in [0, 0.05) is 18.2 Å². The fraction of sp³-hybridized carbons (Fsp3) is 0.636.